The molecular formula is C33H33N5O4S. The molecule has 2 heterocycles. The minimum absolute atomic E-state index is 0.129. The molecule has 0 radical (unpaired) electrons. The Hall–Kier alpha value is -4.72. The highest BCUT2D eigenvalue weighted by Gasteiger charge is 2.26. The first-order chi connectivity index (χ1) is 20.9. The van der Waals surface area contributed by atoms with Crippen molar-refractivity contribution in [2.45, 2.75) is 37.5 Å². The molecule has 43 heavy (non-hydrogen) atoms. The Balaban J connectivity index is 1.52. The maximum atomic E-state index is 13.6. The minimum Gasteiger partial charge on any atom is -0.494 e. The molecule has 0 saturated carbocycles. The number of hydrogen-bond donors (Lipinski definition) is 1. The zero-order valence-electron chi connectivity index (χ0n) is 23.9. The number of carbonyl (C=O) groups excluding carboxylic acids is 1. The van der Waals surface area contributed by atoms with Crippen molar-refractivity contribution in [2.75, 3.05) is 25.0 Å². The molecule has 220 valence electrons. The SMILES string of the molecule is CCOc1ccc(NC(=O)C(C#N)=Cc2cn(-c3ccccc3)nc2-c2cccc(S(=O)(=O)N3CCCCCC3)c2)cc1. The van der Waals surface area contributed by atoms with Crippen LogP contribution in [0, 0.1) is 11.3 Å². The van der Waals surface area contributed by atoms with Crippen LogP contribution in [0.1, 0.15) is 38.2 Å². The van der Waals surface area contributed by atoms with Gasteiger partial charge in [-0.05, 0) is 74.4 Å². The largest absolute Gasteiger partial charge is 0.494 e. The van der Waals surface area contributed by atoms with Gasteiger partial charge in [0.2, 0.25) is 10.0 Å². The fourth-order valence-electron chi connectivity index (χ4n) is 4.97. The molecule has 4 aromatic rings. The van der Waals surface area contributed by atoms with Gasteiger partial charge in [0.15, 0.2) is 0 Å². The van der Waals surface area contributed by atoms with E-state index in [4.69, 9.17) is 9.84 Å². The summed E-state index contributed by atoms with van der Waals surface area (Å²) in [4.78, 5) is 13.3. The Morgan fingerprint density at radius 1 is 1.00 bits per heavy atom. The maximum Gasteiger partial charge on any atom is 0.266 e. The quantitative estimate of drug-likeness (QED) is 0.186. The number of benzene rings is 3. The number of sulfonamides is 1. The average molecular weight is 596 g/mol. The molecule has 5 rings (SSSR count). The molecule has 0 aliphatic carbocycles. The molecule has 0 unspecified atom stereocenters. The van der Waals surface area contributed by atoms with Gasteiger partial charge in [-0.15, -0.1) is 0 Å². The van der Waals surface area contributed by atoms with Gasteiger partial charge in [0.1, 0.15) is 23.1 Å². The molecular weight excluding hydrogens is 562 g/mol. The third kappa shape index (κ3) is 7.02. The Kier molecular flexibility index (Phi) is 9.35. The second-order valence-corrected chi connectivity index (χ2v) is 12.1. The van der Waals surface area contributed by atoms with E-state index in [0.717, 1.165) is 31.4 Å². The molecule has 0 bridgehead atoms. The van der Waals surface area contributed by atoms with Crippen LogP contribution in [0.2, 0.25) is 0 Å². The Labute approximate surface area is 252 Å². The van der Waals surface area contributed by atoms with Crippen LogP contribution in [0.3, 0.4) is 0 Å². The summed E-state index contributed by atoms with van der Waals surface area (Å²) in [6.45, 7) is 3.41. The molecule has 0 atom stereocenters. The molecule has 10 heteroatoms. The number of ether oxygens (including phenoxy) is 1. The lowest BCUT2D eigenvalue weighted by Crippen LogP contribution is -2.31. The van der Waals surface area contributed by atoms with Gasteiger partial charge in [-0.2, -0.15) is 14.7 Å². The van der Waals surface area contributed by atoms with Crippen molar-refractivity contribution in [3.8, 4) is 28.8 Å². The molecule has 0 spiro atoms. The van der Waals surface area contributed by atoms with Crippen molar-refractivity contribution in [3.63, 3.8) is 0 Å². The van der Waals surface area contributed by atoms with Crippen molar-refractivity contribution in [3.05, 3.63) is 96.2 Å². The third-order valence-electron chi connectivity index (χ3n) is 7.16. The second kappa shape index (κ2) is 13.5. The normalized spacial score (nSPS) is 14.5. The number of para-hydroxylation sites is 1. The summed E-state index contributed by atoms with van der Waals surface area (Å²) < 4.78 is 35.8. The smallest absolute Gasteiger partial charge is 0.266 e. The van der Waals surface area contributed by atoms with Gasteiger partial charge >= 0.3 is 0 Å². The summed E-state index contributed by atoms with van der Waals surface area (Å²) in [5, 5.41) is 17.5. The highest BCUT2D eigenvalue weighted by Crippen LogP contribution is 2.29. The molecule has 1 aliphatic heterocycles. The predicted octanol–water partition coefficient (Wildman–Crippen LogP) is 6.05. The number of nitrogens with zero attached hydrogens (tertiary/aromatic N) is 4. The van der Waals surface area contributed by atoms with Crippen LogP contribution in [0.25, 0.3) is 23.0 Å². The number of aromatic nitrogens is 2. The standard InChI is InChI=1S/C33H33N5O4S/c1-2-42-30-17-15-28(16-18-30)35-33(39)26(23-34)21-27-24-38(29-12-6-5-7-13-29)36-32(27)25-11-10-14-31(22-25)43(40,41)37-19-8-3-4-9-20-37/h5-7,10-18,21-22,24H,2-4,8-9,19-20H2,1H3,(H,35,39). The van der Waals surface area contributed by atoms with Gasteiger partial charge in [-0.3, -0.25) is 4.79 Å². The first-order valence-electron chi connectivity index (χ1n) is 14.3. The summed E-state index contributed by atoms with van der Waals surface area (Å²) in [5.74, 6) is 0.0946. The number of nitrogens with one attached hydrogen (secondary N) is 1. The topological polar surface area (TPSA) is 117 Å². The van der Waals surface area contributed by atoms with Crippen LogP contribution in [0.5, 0.6) is 5.75 Å². The van der Waals surface area contributed by atoms with Gasteiger partial charge in [-0.25, -0.2) is 13.1 Å². The van der Waals surface area contributed by atoms with Crippen LogP contribution >= 0.6 is 0 Å². The number of nitriles is 1. The van der Waals surface area contributed by atoms with E-state index >= 15 is 0 Å². The van der Waals surface area contributed by atoms with Crippen LogP contribution in [0.15, 0.2) is 95.5 Å². The number of rotatable bonds is 9. The number of carbonyl (C=O) groups is 1. The molecule has 9 nitrogen and oxygen atoms in total. The first-order valence-corrected chi connectivity index (χ1v) is 15.7. The molecule has 3 aromatic carbocycles. The Morgan fingerprint density at radius 2 is 1.72 bits per heavy atom. The van der Waals surface area contributed by atoms with E-state index in [2.05, 4.69) is 5.32 Å². The average Bonchev–Trinajstić information content (AvgIpc) is 3.25. The molecule has 1 fully saturated rings. The Bertz CT molecular complexity index is 1750. The highest BCUT2D eigenvalue weighted by molar-refractivity contribution is 7.89. The van der Waals surface area contributed by atoms with Crippen molar-refractivity contribution in [1.82, 2.24) is 14.1 Å². The van der Waals surface area contributed by atoms with E-state index in [1.54, 1.807) is 63.7 Å². The van der Waals surface area contributed by atoms with Crippen molar-refractivity contribution in [1.29, 1.82) is 5.26 Å². The minimum atomic E-state index is -3.70. The molecule has 1 saturated heterocycles. The summed E-state index contributed by atoms with van der Waals surface area (Å²) in [6, 6.07) is 25.0. The predicted molar refractivity (Wildman–Crippen MR) is 166 cm³/mol. The van der Waals surface area contributed by atoms with Gasteiger partial charge in [0.05, 0.1) is 17.2 Å². The number of hydrogen-bond acceptors (Lipinski definition) is 6. The number of anilines is 1. The maximum absolute atomic E-state index is 13.6. The van der Waals surface area contributed by atoms with E-state index in [-0.39, 0.29) is 10.5 Å². The van der Waals surface area contributed by atoms with Crippen LogP contribution in [0.4, 0.5) is 5.69 Å². The summed E-state index contributed by atoms with van der Waals surface area (Å²) in [6.07, 6.45) is 6.91. The Morgan fingerprint density at radius 3 is 2.40 bits per heavy atom. The summed E-state index contributed by atoms with van der Waals surface area (Å²) in [7, 11) is -3.70. The molecule has 1 aliphatic rings. The van der Waals surface area contributed by atoms with E-state index < -0.39 is 15.9 Å². The van der Waals surface area contributed by atoms with Crippen molar-refractivity contribution in [2.24, 2.45) is 0 Å². The number of amides is 1. The summed E-state index contributed by atoms with van der Waals surface area (Å²) in [5.41, 5.74) is 2.65. The van der Waals surface area contributed by atoms with Crippen LogP contribution < -0.4 is 10.1 Å². The van der Waals surface area contributed by atoms with Gasteiger partial charge in [0, 0.05) is 36.1 Å². The lowest BCUT2D eigenvalue weighted by Gasteiger charge is -2.20. The van der Waals surface area contributed by atoms with Gasteiger partial charge in [-0.1, -0.05) is 43.2 Å². The zero-order chi connectivity index (χ0) is 30.2. The summed E-state index contributed by atoms with van der Waals surface area (Å²) >= 11 is 0. The van der Waals surface area contributed by atoms with Crippen molar-refractivity contribution >= 4 is 27.7 Å². The van der Waals surface area contributed by atoms with Crippen molar-refractivity contribution < 1.29 is 17.9 Å². The fraction of sp³-hybridized carbons (Fsp3) is 0.242. The van der Waals surface area contributed by atoms with Crippen LogP contribution in [-0.2, 0) is 14.8 Å². The zero-order valence-corrected chi connectivity index (χ0v) is 24.8. The van der Waals surface area contributed by atoms with Crippen LogP contribution in [-0.4, -0.2) is 48.1 Å². The van der Waals surface area contributed by atoms with E-state index in [0.29, 0.717) is 48.0 Å². The van der Waals surface area contributed by atoms with E-state index in [1.807, 2.05) is 43.3 Å². The highest BCUT2D eigenvalue weighted by atomic mass is 32.2. The second-order valence-electron chi connectivity index (χ2n) is 10.1. The monoisotopic (exact) mass is 595 g/mol. The van der Waals surface area contributed by atoms with E-state index in [9.17, 15) is 18.5 Å². The van der Waals surface area contributed by atoms with Gasteiger partial charge in [0.25, 0.3) is 5.91 Å². The lowest BCUT2D eigenvalue weighted by molar-refractivity contribution is -0.112. The van der Waals surface area contributed by atoms with Gasteiger partial charge < -0.3 is 10.1 Å². The van der Waals surface area contributed by atoms with E-state index in [1.165, 1.54) is 6.08 Å². The molecule has 1 amide bonds. The molecule has 1 aromatic heterocycles. The fourth-order valence-corrected chi connectivity index (χ4v) is 6.53. The lowest BCUT2D eigenvalue weighted by atomic mass is 10.1. The molecule has 1 N–H and O–H groups in total. The first kappa shape index (κ1) is 29.8. The third-order valence-corrected chi connectivity index (χ3v) is 9.06.